The van der Waals surface area contributed by atoms with Gasteiger partial charge in [0, 0.05) is 18.3 Å². The summed E-state index contributed by atoms with van der Waals surface area (Å²) in [5, 5.41) is 0. The number of amides is 1. The number of rotatable bonds is 3. The van der Waals surface area contributed by atoms with Gasteiger partial charge in [0.05, 0.1) is 12.2 Å². The molecule has 1 aromatic heterocycles. The molecule has 0 saturated carbocycles. The fourth-order valence-corrected chi connectivity index (χ4v) is 2.96. The van der Waals surface area contributed by atoms with Gasteiger partial charge in [-0.1, -0.05) is 18.2 Å². The molecule has 4 rings (SSSR count). The molecule has 2 heterocycles. The van der Waals surface area contributed by atoms with Crippen LogP contribution in [0, 0.1) is 0 Å². The average Bonchev–Trinajstić information content (AvgIpc) is 2.68. The lowest BCUT2D eigenvalue weighted by molar-refractivity contribution is 0.0731. The molecule has 0 fully saturated rings. The molecular weight excluding hydrogens is 328 g/mol. The standard InChI is InChI=1S/C20H18N4O2/c21-20-22-12-15-10-11-24(13-18(15)23-20)19(25)14-6-8-17(9-7-14)26-16-4-2-1-3-5-16/h1-9,12H,10-11,13H2,(H2,21,22,23). The van der Waals surface area contributed by atoms with E-state index in [2.05, 4.69) is 9.97 Å². The molecule has 0 spiro atoms. The zero-order valence-electron chi connectivity index (χ0n) is 14.1. The second-order valence-electron chi connectivity index (χ2n) is 6.12. The molecule has 6 heteroatoms. The Kier molecular flexibility index (Phi) is 4.23. The number of hydrogen-bond donors (Lipinski definition) is 1. The Bertz CT molecular complexity index is 926. The first kappa shape index (κ1) is 16.1. The Labute approximate surface area is 151 Å². The number of hydrogen-bond acceptors (Lipinski definition) is 5. The monoisotopic (exact) mass is 346 g/mol. The lowest BCUT2D eigenvalue weighted by Gasteiger charge is -2.28. The normalized spacial score (nSPS) is 13.2. The second-order valence-corrected chi connectivity index (χ2v) is 6.12. The van der Waals surface area contributed by atoms with Crippen molar-refractivity contribution in [3.05, 3.63) is 77.6 Å². The summed E-state index contributed by atoms with van der Waals surface area (Å²) >= 11 is 0. The molecule has 0 aliphatic carbocycles. The molecule has 6 nitrogen and oxygen atoms in total. The molecular formula is C20H18N4O2. The third-order valence-electron chi connectivity index (χ3n) is 4.33. The second kappa shape index (κ2) is 6.84. The number of nitrogens with zero attached hydrogens (tertiary/aromatic N) is 3. The van der Waals surface area contributed by atoms with Crippen LogP contribution in [0.4, 0.5) is 5.95 Å². The van der Waals surface area contributed by atoms with Crippen molar-refractivity contribution in [3.8, 4) is 11.5 Å². The zero-order chi connectivity index (χ0) is 17.9. The van der Waals surface area contributed by atoms with Crippen LogP contribution in [0.5, 0.6) is 11.5 Å². The Morgan fingerprint density at radius 2 is 1.77 bits per heavy atom. The maximum absolute atomic E-state index is 12.8. The summed E-state index contributed by atoms with van der Waals surface area (Å²) in [6.07, 6.45) is 2.48. The number of ether oxygens (including phenoxy) is 1. The first-order chi connectivity index (χ1) is 12.7. The van der Waals surface area contributed by atoms with Gasteiger partial charge in [-0.25, -0.2) is 9.97 Å². The Morgan fingerprint density at radius 1 is 1.04 bits per heavy atom. The molecule has 0 atom stereocenters. The lowest BCUT2D eigenvalue weighted by atomic mass is 10.1. The molecule has 2 N–H and O–H groups in total. The van der Waals surface area contributed by atoms with Crippen molar-refractivity contribution >= 4 is 11.9 Å². The molecule has 1 aliphatic rings. The van der Waals surface area contributed by atoms with Crippen LogP contribution in [0.3, 0.4) is 0 Å². The van der Waals surface area contributed by atoms with E-state index in [0.717, 1.165) is 23.4 Å². The number of anilines is 1. The van der Waals surface area contributed by atoms with E-state index in [9.17, 15) is 4.79 Å². The van der Waals surface area contributed by atoms with Crippen LogP contribution in [-0.2, 0) is 13.0 Å². The van der Waals surface area contributed by atoms with E-state index in [1.54, 1.807) is 35.4 Å². The van der Waals surface area contributed by atoms with Crippen molar-refractivity contribution in [1.29, 1.82) is 0 Å². The predicted octanol–water partition coefficient (Wildman–Crippen LogP) is 3.05. The topological polar surface area (TPSA) is 81.3 Å². The van der Waals surface area contributed by atoms with Crippen molar-refractivity contribution in [1.82, 2.24) is 14.9 Å². The van der Waals surface area contributed by atoms with Gasteiger partial charge in [-0.2, -0.15) is 0 Å². The Morgan fingerprint density at radius 3 is 2.54 bits per heavy atom. The maximum atomic E-state index is 12.8. The van der Waals surface area contributed by atoms with Crippen molar-refractivity contribution in [2.45, 2.75) is 13.0 Å². The summed E-state index contributed by atoms with van der Waals surface area (Å²) in [5.74, 6) is 1.66. The maximum Gasteiger partial charge on any atom is 0.254 e. The minimum atomic E-state index is -0.0286. The summed E-state index contributed by atoms with van der Waals surface area (Å²) in [6.45, 7) is 1.09. The fourth-order valence-electron chi connectivity index (χ4n) is 2.96. The number of para-hydroxylation sites is 1. The quantitative estimate of drug-likeness (QED) is 0.788. The number of aromatic nitrogens is 2. The van der Waals surface area contributed by atoms with E-state index < -0.39 is 0 Å². The van der Waals surface area contributed by atoms with Gasteiger partial charge < -0.3 is 15.4 Å². The van der Waals surface area contributed by atoms with Crippen LogP contribution < -0.4 is 10.5 Å². The van der Waals surface area contributed by atoms with Gasteiger partial charge in [0.25, 0.3) is 5.91 Å². The predicted molar refractivity (Wildman–Crippen MR) is 97.8 cm³/mol. The van der Waals surface area contributed by atoms with Gasteiger partial charge in [-0.15, -0.1) is 0 Å². The van der Waals surface area contributed by atoms with Crippen LogP contribution in [-0.4, -0.2) is 27.3 Å². The molecule has 130 valence electrons. The minimum Gasteiger partial charge on any atom is -0.457 e. The third-order valence-corrected chi connectivity index (χ3v) is 4.33. The highest BCUT2D eigenvalue weighted by Gasteiger charge is 2.23. The highest BCUT2D eigenvalue weighted by Crippen LogP contribution is 2.23. The third kappa shape index (κ3) is 3.35. The van der Waals surface area contributed by atoms with Crippen LogP contribution in [0.1, 0.15) is 21.6 Å². The highest BCUT2D eigenvalue weighted by molar-refractivity contribution is 5.94. The van der Waals surface area contributed by atoms with Crippen molar-refractivity contribution < 1.29 is 9.53 Å². The summed E-state index contributed by atoms with van der Waals surface area (Å²) in [7, 11) is 0. The Balaban J connectivity index is 1.47. The van der Waals surface area contributed by atoms with Crippen LogP contribution in [0.25, 0.3) is 0 Å². The Hall–Kier alpha value is -3.41. The molecule has 26 heavy (non-hydrogen) atoms. The number of carbonyl (C=O) groups excluding carboxylic acids is 1. The number of nitrogens with two attached hydrogens (primary N) is 1. The van der Waals surface area contributed by atoms with Crippen LogP contribution in [0.15, 0.2) is 60.8 Å². The fraction of sp³-hybridized carbons (Fsp3) is 0.150. The van der Waals surface area contributed by atoms with Gasteiger partial charge in [0.2, 0.25) is 5.95 Å². The van der Waals surface area contributed by atoms with Crippen LogP contribution in [0.2, 0.25) is 0 Å². The smallest absolute Gasteiger partial charge is 0.254 e. The van der Waals surface area contributed by atoms with E-state index >= 15 is 0 Å². The SMILES string of the molecule is Nc1ncc2c(n1)CN(C(=O)c1ccc(Oc3ccccc3)cc1)CC2. The first-order valence-corrected chi connectivity index (χ1v) is 8.41. The number of carbonyl (C=O) groups is 1. The minimum absolute atomic E-state index is 0.0286. The number of nitrogen functional groups attached to an aromatic ring is 1. The van der Waals surface area contributed by atoms with Gasteiger partial charge in [-0.3, -0.25) is 4.79 Å². The highest BCUT2D eigenvalue weighted by atomic mass is 16.5. The van der Waals surface area contributed by atoms with E-state index in [0.29, 0.717) is 24.4 Å². The average molecular weight is 346 g/mol. The molecule has 0 bridgehead atoms. The lowest BCUT2D eigenvalue weighted by Crippen LogP contribution is -2.36. The van der Waals surface area contributed by atoms with Crippen molar-refractivity contribution in [3.63, 3.8) is 0 Å². The van der Waals surface area contributed by atoms with Gasteiger partial charge >= 0.3 is 0 Å². The van der Waals surface area contributed by atoms with Crippen molar-refractivity contribution in [2.75, 3.05) is 12.3 Å². The van der Waals surface area contributed by atoms with E-state index in [-0.39, 0.29) is 11.9 Å². The molecule has 2 aromatic carbocycles. The van der Waals surface area contributed by atoms with E-state index in [1.807, 2.05) is 30.3 Å². The molecule has 1 aliphatic heterocycles. The van der Waals surface area contributed by atoms with Crippen molar-refractivity contribution in [2.24, 2.45) is 0 Å². The summed E-state index contributed by atoms with van der Waals surface area (Å²) < 4.78 is 5.76. The zero-order valence-corrected chi connectivity index (χ0v) is 14.1. The number of benzene rings is 2. The van der Waals surface area contributed by atoms with Gasteiger partial charge in [-0.05, 0) is 48.4 Å². The van der Waals surface area contributed by atoms with E-state index in [4.69, 9.17) is 10.5 Å². The van der Waals surface area contributed by atoms with Gasteiger partial charge in [0.15, 0.2) is 0 Å². The van der Waals surface area contributed by atoms with Crippen LogP contribution >= 0.6 is 0 Å². The summed E-state index contributed by atoms with van der Waals surface area (Å²) in [6, 6.07) is 16.7. The summed E-state index contributed by atoms with van der Waals surface area (Å²) in [5.41, 5.74) is 8.15. The largest absolute Gasteiger partial charge is 0.457 e. The van der Waals surface area contributed by atoms with E-state index in [1.165, 1.54) is 0 Å². The van der Waals surface area contributed by atoms with Gasteiger partial charge in [0.1, 0.15) is 11.5 Å². The number of fused-ring (bicyclic) bond motifs is 1. The first-order valence-electron chi connectivity index (χ1n) is 8.41. The molecule has 3 aromatic rings. The summed E-state index contributed by atoms with van der Waals surface area (Å²) in [4.78, 5) is 22.8. The molecule has 0 saturated heterocycles. The molecule has 0 unspecified atom stereocenters. The molecule has 0 radical (unpaired) electrons. The molecule has 1 amide bonds.